The molecule has 2 aromatic rings. The van der Waals surface area contributed by atoms with Gasteiger partial charge in [0.1, 0.15) is 6.33 Å². The molecule has 0 aliphatic heterocycles. The fourth-order valence-electron chi connectivity index (χ4n) is 1.92. The van der Waals surface area contributed by atoms with Gasteiger partial charge in [0.15, 0.2) is 5.82 Å². The number of aromatic nitrogens is 3. The van der Waals surface area contributed by atoms with E-state index >= 15 is 0 Å². The van der Waals surface area contributed by atoms with Gasteiger partial charge in [0, 0.05) is 5.69 Å². The lowest BCUT2D eigenvalue weighted by Gasteiger charge is -2.11. The zero-order chi connectivity index (χ0) is 14.4. The summed E-state index contributed by atoms with van der Waals surface area (Å²) in [7, 11) is 0. The van der Waals surface area contributed by atoms with Gasteiger partial charge in [-0.15, -0.1) is 22.6 Å². The molecule has 0 aliphatic rings. The average molecular weight is 310 g/mol. The van der Waals surface area contributed by atoms with Gasteiger partial charge in [0.2, 0.25) is 5.91 Å². The van der Waals surface area contributed by atoms with Crippen molar-refractivity contribution in [2.24, 2.45) is 5.73 Å². The van der Waals surface area contributed by atoms with Crippen LogP contribution in [0.25, 0.3) is 5.69 Å². The lowest BCUT2D eigenvalue weighted by molar-refractivity contribution is -0.122. The standard InChI is InChI=1S/C14H19N5O.ClH/c1-2-6-12(15)14(20)16-9-13-18-17-10-19(13)11-7-4-3-5-8-11;/h3-5,7-8,10,12H,2,6,9,15H2,1H3,(H,16,20);1H. The van der Waals surface area contributed by atoms with E-state index < -0.39 is 6.04 Å². The van der Waals surface area contributed by atoms with Crippen LogP contribution < -0.4 is 11.1 Å². The largest absolute Gasteiger partial charge is 0.347 e. The summed E-state index contributed by atoms with van der Waals surface area (Å²) in [5.74, 6) is 0.516. The van der Waals surface area contributed by atoms with Crippen molar-refractivity contribution in [1.82, 2.24) is 20.1 Å². The number of carbonyl (C=O) groups is 1. The van der Waals surface area contributed by atoms with Gasteiger partial charge < -0.3 is 11.1 Å². The predicted molar refractivity (Wildman–Crippen MR) is 83.3 cm³/mol. The van der Waals surface area contributed by atoms with Crippen LogP contribution in [0.3, 0.4) is 0 Å². The Hall–Kier alpha value is -1.92. The second-order valence-electron chi connectivity index (χ2n) is 4.57. The lowest BCUT2D eigenvalue weighted by Crippen LogP contribution is -2.40. The van der Waals surface area contributed by atoms with Gasteiger partial charge >= 0.3 is 0 Å². The normalized spacial score (nSPS) is 11.5. The van der Waals surface area contributed by atoms with E-state index in [0.29, 0.717) is 18.8 Å². The van der Waals surface area contributed by atoms with Crippen LogP contribution >= 0.6 is 12.4 Å². The number of nitrogens with one attached hydrogen (secondary N) is 1. The fourth-order valence-corrected chi connectivity index (χ4v) is 1.92. The molecule has 0 bridgehead atoms. The molecule has 1 aromatic heterocycles. The third kappa shape index (κ3) is 4.54. The van der Waals surface area contributed by atoms with Crippen molar-refractivity contribution in [2.45, 2.75) is 32.4 Å². The van der Waals surface area contributed by atoms with Gasteiger partial charge in [-0.1, -0.05) is 31.5 Å². The molecule has 0 radical (unpaired) electrons. The number of rotatable bonds is 6. The number of hydrogen-bond donors (Lipinski definition) is 2. The summed E-state index contributed by atoms with van der Waals surface area (Å²) in [5, 5.41) is 10.7. The molecule has 0 fully saturated rings. The number of nitrogens with zero attached hydrogens (tertiary/aromatic N) is 3. The van der Waals surface area contributed by atoms with Crippen molar-refractivity contribution in [2.75, 3.05) is 0 Å². The number of nitrogens with two attached hydrogens (primary N) is 1. The van der Waals surface area contributed by atoms with Gasteiger partial charge in [-0.25, -0.2) is 0 Å². The maximum atomic E-state index is 11.8. The van der Waals surface area contributed by atoms with Crippen LogP contribution in [-0.4, -0.2) is 26.7 Å². The van der Waals surface area contributed by atoms with Crippen molar-refractivity contribution < 1.29 is 4.79 Å². The van der Waals surface area contributed by atoms with Gasteiger partial charge in [0.25, 0.3) is 0 Å². The van der Waals surface area contributed by atoms with Crippen molar-refractivity contribution >= 4 is 18.3 Å². The van der Waals surface area contributed by atoms with Gasteiger partial charge in [0.05, 0.1) is 12.6 Å². The van der Waals surface area contributed by atoms with Crippen molar-refractivity contribution in [1.29, 1.82) is 0 Å². The minimum absolute atomic E-state index is 0. The lowest BCUT2D eigenvalue weighted by atomic mass is 10.2. The molecule has 0 saturated heterocycles. The first-order valence-corrected chi connectivity index (χ1v) is 6.70. The highest BCUT2D eigenvalue weighted by Gasteiger charge is 2.13. The Morgan fingerprint density at radius 2 is 2.10 bits per heavy atom. The van der Waals surface area contributed by atoms with E-state index in [4.69, 9.17) is 5.73 Å². The Kier molecular flexibility index (Phi) is 6.84. The number of halogens is 1. The second kappa shape index (κ2) is 8.39. The van der Waals surface area contributed by atoms with Gasteiger partial charge in [-0.05, 0) is 18.6 Å². The van der Waals surface area contributed by atoms with E-state index in [1.807, 2.05) is 41.8 Å². The Morgan fingerprint density at radius 3 is 2.76 bits per heavy atom. The smallest absolute Gasteiger partial charge is 0.237 e. The molecule has 114 valence electrons. The average Bonchev–Trinajstić information content (AvgIpc) is 2.94. The molecule has 2 rings (SSSR count). The quantitative estimate of drug-likeness (QED) is 0.845. The van der Waals surface area contributed by atoms with Crippen LogP contribution in [0.1, 0.15) is 25.6 Å². The molecule has 0 saturated carbocycles. The van der Waals surface area contributed by atoms with Crippen molar-refractivity contribution in [3.63, 3.8) is 0 Å². The minimum atomic E-state index is -0.465. The molecule has 6 nitrogen and oxygen atoms in total. The maximum Gasteiger partial charge on any atom is 0.237 e. The van der Waals surface area contributed by atoms with Crippen LogP contribution in [0.15, 0.2) is 36.7 Å². The highest BCUT2D eigenvalue weighted by molar-refractivity contribution is 5.85. The maximum absolute atomic E-state index is 11.8. The highest BCUT2D eigenvalue weighted by Crippen LogP contribution is 2.08. The van der Waals surface area contributed by atoms with Crippen LogP contribution in [0, 0.1) is 0 Å². The van der Waals surface area contributed by atoms with E-state index in [0.717, 1.165) is 12.1 Å². The molecular weight excluding hydrogens is 290 g/mol. The molecule has 1 amide bonds. The third-order valence-corrected chi connectivity index (χ3v) is 3.01. The summed E-state index contributed by atoms with van der Waals surface area (Å²) in [6.45, 7) is 2.31. The summed E-state index contributed by atoms with van der Waals surface area (Å²) in [5.41, 5.74) is 6.72. The monoisotopic (exact) mass is 309 g/mol. The second-order valence-corrected chi connectivity index (χ2v) is 4.57. The highest BCUT2D eigenvalue weighted by atomic mass is 35.5. The number of carbonyl (C=O) groups excluding carboxylic acids is 1. The van der Waals surface area contributed by atoms with Gasteiger partial charge in [-0.2, -0.15) is 0 Å². The summed E-state index contributed by atoms with van der Waals surface area (Å²) >= 11 is 0. The van der Waals surface area contributed by atoms with Crippen LogP contribution in [0.2, 0.25) is 0 Å². The van der Waals surface area contributed by atoms with Gasteiger partial charge in [-0.3, -0.25) is 9.36 Å². The number of amides is 1. The molecule has 0 spiro atoms. The Balaban J connectivity index is 0.00000220. The van der Waals surface area contributed by atoms with E-state index in [1.54, 1.807) is 6.33 Å². The summed E-state index contributed by atoms with van der Waals surface area (Å²) in [6, 6.07) is 9.27. The molecule has 21 heavy (non-hydrogen) atoms. The van der Waals surface area contributed by atoms with E-state index in [9.17, 15) is 4.79 Å². The number of benzene rings is 1. The molecule has 1 atom stereocenters. The predicted octanol–water partition coefficient (Wildman–Crippen LogP) is 1.43. The SMILES string of the molecule is CCCC(N)C(=O)NCc1nncn1-c1ccccc1.Cl. The first-order valence-electron chi connectivity index (χ1n) is 6.70. The number of para-hydroxylation sites is 1. The first-order chi connectivity index (χ1) is 9.72. The van der Waals surface area contributed by atoms with E-state index in [1.165, 1.54) is 0 Å². The van der Waals surface area contributed by atoms with Crippen molar-refractivity contribution in [3.05, 3.63) is 42.5 Å². The molecule has 0 aliphatic carbocycles. The molecule has 3 N–H and O–H groups in total. The molecule has 1 heterocycles. The van der Waals surface area contributed by atoms with Crippen molar-refractivity contribution in [3.8, 4) is 5.69 Å². The summed E-state index contributed by atoms with van der Waals surface area (Å²) in [4.78, 5) is 11.8. The topological polar surface area (TPSA) is 85.8 Å². The molecule has 1 aromatic carbocycles. The van der Waals surface area contributed by atoms with Crippen LogP contribution in [0.5, 0.6) is 0 Å². The molecular formula is C14H20ClN5O. The molecule has 7 heteroatoms. The zero-order valence-electron chi connectivity index (χ0n) is 11.9. The molecule has 1 unspecified atom stereocenters. The van der Waals surface area contributed by atoms with E-state index in [2.05, 4.69) is 15.5 Å². The number of hydrogen-bond acceptors (Lipinski definition) is 4. The third-order valence-electron chi connectivity index (χ3n) is 3.01. The first kappa shape index (κ1) is 17.1. The Morgan fingerprint density at radius 1 is 1.38 bits per heavy atom. The van der Waals surface area contributed by atoms with E-state index in [-0.39, 0.29) is 18.3 Å². The Labute approximate surface area is 130 Å². The fraction of sp³-hybridized carbons (Fsp3) is 0.357. The summed E-state index contributed by atoms with van der Waals surface area (Å²) < 4.78 is 1.84. The van der Waals surface area contributed by atoms with Crippen LogP contribution in [-0.2, 0) is 11.3 Å². The zero-order valence-corrected chi connectivity index (χ0v) is 12.7. The van der Waals surface area contributed by atoms with Crippen LogP contribution in [0.4, 0.5) is 0 Å². The summed E-state index contributed by atoms with van der Waals surface area (Å²) in [6.07, 6.45) is 3.19. The Bertz CT molecular complexity index is 558. The minimum Gasteiger partial charge on any atom is -0.347 e.